The molecule has 88 valence electrons. The lowest BCUT2D eigenvalue weighted by Gasteiger charge is -2.28. The van der Waals surface area contributed by atoms with E-state index >= 15 is 0 Å². The fourth-order valence-electron chi connectivity index (χ4n) is 2.61. The van der Waals surface area contributed by atoms with Crippen LogP contribution in [0.1, 0.15) is 51.9 Å². The van der Waals surface area contributed by atoms with Crippen LogP contribution in [0.2, 0.25) is 0 Å². The molecule has 0 spiro atoms. The van der Waals surface area contributed by atoms with Crippen molar-refractivity contribution < 1.29 is 4.79 Å². The summed E-state index contributed by atoms with van der Waals surface area (Å²) in [6, 6.07) is 2.38. The molecule has 0 aromatic rings. The Balaban J connectivity index is 1.85. The Morgan fingerprint density at radius 3 is 2.50 bits per heavy atom. The lowest BCUT2D eigenvalue weighted by molar-refractivity contribution is -0.125. The summed E-state index contributed by atoms with van der Waals surface area (Å²) in [5.41, 5.74) is -0.664. The number of nitriles is 1. The molecule has 3 nitrogen and oxygen atoms in total. The van der Waals surface area contributed by atoms with Gasteiger partial charge in [0.2, 0.25) is 5.91 Å². The van der Waals surface area contributed by atoms with Crippen molar-refractivity contribution in [3.63, 3.8) is 0 Å². The van der Waals surface area contributed by atoms with Crippen molar-refractivity contribution in [3.8, 4) is 6.07 Å². The van der Waals surface area contributed by atoms with Crippen LogP contribution in [0.5, 0.6) is 0 Å². The molecule has 1 amide bonds. The Morgan fingerprint density at radius 1 is 1.38 bits per heavy atom. The highest BCUT2D eigenvalue weighted by atomic mass is 16.2. The quantitative estimate of drug-likeness (QED) is 0.794. The number of nitrogens with zero attached hydrogens (tertiary/aromatic N) is 1. The highest BCUT2D eigenvalue weighted by Gasteiger charge is 2.51. The minimum atomic E-state index is -0.664. The van der Waals surface area contributed by atoms with Gasteiger partial charge in [0.15, 0.2) is 0 Å². The summed E-state index contributed by atoms with van der Waals surface area (Å²) < 4.78 is 0. The van der Waals surface area contributed by atoms with Crippen molar-refractivity contribution in [2.45, 2.75) is 57.9 Å². The minimum Gasteiger partial charge on any atom is -0.352 e. The molecule has 2 rings (SSSR count). The second kappa shape index (κ2) is 4.45. The van der Waals surface area contributed by atoms with Crippen LogP contribution in [0, 0.1) is 22.7 Å². The second-order valence-electron chi connectivity index (χ2n) is 5.35. The number of amides is 1. The highest BCUT2D eigenvalue weighted by Crippen LogP contribution is 2.45. The van der Waals surface area contributed by atoms with Gasteiger partial charge in [0.1, 0.15) is 5.41 Å². The largest absolute Gasteiger partial charge is 0.352 e. The van der Waals surface area contributed by atoms with E-state index in [9.17, 15) is 4.79 Å². The van der Waals surface area contributed by atoms with Crippen LogP contribution < -0.4 is 5.32 Å². The Labute approximate surface area is 97.2 Å². The summed E-state index contributed by atoms with van der Waals surface area (Å²) in [4.78, 5) is 11.9. The topological polar surface area (TPSA) is 52.9 Å². The van der Waals surface area contributed by atoms with E-state index in [4.69, 9.17) is 5.26 Å². The zero-order valence-corrected chi connectivity index (χ0v) is 9.96. The summed E-state index contributed by atoms with van der Waals surface area (Å²) >= 11 is 0. The number of carbonyl (C=O) groups excluding carboxylic acids is 1. The summed E-state index contributed by atoms with van der Waals surface area (Å²) in [6.07, 6.45) is 7.84. The molecular weight excluding hydrogens is 200 g/mol. The molecule has 0 heterocycles. The second-order valence-corrected chi connectivity index (χ2v) is 5.35. The molecule has 0 aromatic carbocycles. The van der Waals surface area contributed by atoms with Gasteiger partial charge in [0, 0.05) is 6.04 Å². The van der Waals surface area contributed by atoms with Gasteiger partial charge >= 0.3 is 0 Å². The smallest absolute Gasteiger partial charge is 0.240 e. The van der Waals surface area contributed by atoms with E-state index < -0.39 is 5.41 Å². The first-order valence-corrected chi connectivity index (χ1v) is 6.40. The molecule has 1 N–H and O–H groups in total. The molecule has 3 heteroatoms. The van der Waals surface area contributed by atoms with Gasteiger partial charge in [-0.2, -0.15) is 5.26 Å². The van der Waals surface area contributed by atoms with Gasteiger partial charge < -0.3 is 5.32 Å². The molecule has 2 aliphatic rings. The molecule has 0 aliphatic heterocycles. The van der Waals surface area contributed by atoms with Gasteiger partial charge in [-0.1, -0.05) is 19.3 Å². The van der Waals surface area contributed by atoms with Crippen LogP contribution in [0.4, 0.5) is 0 Å². The molecule has 0 bridgehead atoms. The summed E-state index contributed by atoms with van der Waals surface area (Å²) in [5.74, 6) is 0.584. The third-order valence-corrected chi connectivity index (χ3v) is 4.11. The maximum absolute atomic E-state index is 11.9. The Bertz CT molecular complexity index is 308. The molecule has 2 fully saturated rings. The van der Waals surface area contributed by atoms with E-state index in [1.54, 1.807) is 0 Å². The standard InChI is InChI=1S/C13H20N2O/c1-10(11-5-3-2-4-6-11)15-12(16)13(9-14)7-8-13/h10-11H,2-8H2,1H3,(H,15,16). The normalized spacial score (nSPS) is 25.5. The van der Waals surface area contributed by atoms with Crippen LogP contribution in [-0.4, -0.2) is 11.9 Å². The molecule has 1 atom stereocenters. The zero-order valence-electron chi connectivity index (χ0n) is 9.96. The molecule has 1 unspecified atom stereocenters. The third kappa shape index (κ3) is 2.21. The lowest BCUT2D eigenvalue weighted by atomic mass is 9.84. The molecule has 0 radical (unpaired) electrons. The Morgan fingerprint density at radius 2 is 2.00 bits per heavy atom. The average molecular weight is 220 g/mol. The SMILES string of the molecule is CC(NC(=O)C1(C#N)CC1)C1CCCCC1. The van der Waals surface area contributed by atoms with Crippen molar-refractivity contribution >= 4 is 5.91 Å². The van der Waals surface area contributed by atoms with E-state index in [0.29, 0.717) is 5.92 Å². The first-order valence-electron chi connectivity index (χ1n) is 6.40. The first kappa shape index (κ1) is 11.4. The molecular formula is C13H20N2O. The lowest BCUT2D eigenvalue weighted by Crippen LogP contribution is -2.42. The van der Waals surface area contributed by atoms with Crippen molar-refractivity contribution in [1.82, 2.24) is 5.32 Å². The predicted octanol–water partition coefficient (Wildman–Crippen LogP) is 2.38. The number of rotatable bonds is 3. The van der Waals surface area contributed by atoms with Crippen LogP contribution in [0.3, 0.4) is 0 Å². The predicted molar refractivity (Wildman–Crippen MR) is 61.5 cm³/mol. The van der Waals surface area contributed by atoms with Crippen molar-refractivity contribution in [2.75, 3.05) is 0 Å². The van der Waals surface area contributed by atoms with Gasteiger partial charge in [-0.25, -0.2) is 0 Å². The fraction of sp³-hybridized carbons (Fsp3) is 0.846. The van der Waals surface area contributed by atoms with Gasteiger partial charge in [-0.05, 0) is 38.5 Å². The maximum atomic E-state index is 11.9. The summed E-state index contributed by atoms with van der Waals surface area (Å²) in [6.45, 7) is 2.08. The zero-order chi connectivity index (χ0) is 11.6. The van der Waals surface area contributed by atoms with Crippen LogP contribution in [0.25, 0.3) is 0 Å². The first-order chi connectivity index (χ1) is 7.68. The molecule has 0 saturated heterocycles. The van der Waals surface area contributed by atoms with Gasteiger partial charge in [0.05, 0.1) is 6.07 Å². The number of hydrogen-bond acceptors (Lipinski definition) is 2. The summed E-state index contributed by atoms with van der Waals surface area (Å²) in [5, 5.41) is 12.0. The average Bonchev–Trinajstić information content (AvgIpc) is 3.11. The van der Waals surface area contributed by atoms with E-state index in [1.165, 1.54) is 32.1 Å². The monoisotopic (exact) mass is 220 g/mol. The van der Waals surface area contributed by atoms with Crippen LogP contribution in [0.15, 0.2) is 0 Å². The van der Waals surface area contributed by atoms with Gasteiger partial charge in [0.25, 0.3) is 0 Å². The minimum absolute atomic E-state index is 0.0342. The number of nitrogens with one attached hydrogen (secondary N) is 1. The molecule has 2 saturated carbocycles. The highest BCUT2D eigenvalue weighted by molar-refractivity contribution is 5.88. The van der Waals surface area contributed by atoms with Crippen molar-refractivity contribution in [3.05, 3.63) is 0 Å². The van der Waals surface area contributed by atoms with Crippen molar-refractivity contribution in [1.29, 1.82) is 5.26 Å². The number of carbonyl (C=O) groups is 1. The summed E-state index contributed by atoms with van der Waals surface area (Å²) in [7, 11) is 0. The molecule has 2 aliphatic carbocycles. The molecule has 0 aromatic heterocycles. The van der Waals surface area contributed by atoms with E-state index in [2.05, 4.69) is 18.3 Å². The van der Waals surface area contributed by atoms with Crippen LogP contribution in [-0.2, 0) is 4.79 Å². The fourth-order valence-corrected chi connectivity index (χ4v) is 2.61. The van der Waals surface area contributed by atoms with E-state index in [1.807, 2.05) is 0 Å². The Hall–Kier alpha value is -1.04. The van der Waals surface area contributed by atoms with Gasteiger partial charge in [-0.15, -0.1) is 0 Å². The van der Waals surface area contributed by atoms with Crippen LogP contribution >= 0.6 is 0 Å². The third-order valence-electron chi connectivity index (χ3n) is 4.11. The molecule has 16 heavy (non-hydrogen) atoms. The van der Waals surface area contributed by atoms with Crippen molar-refractivity contribution in [2.24, 2.45) is 11.3 Å². The van der Waals surface area contributed by atoms with Gasteiger partial charge in [-0.3, -0.25) is 4.79 Å². The van der Waals surface area contributed by atoms with E-state index in [0.717, 1.165) is 12.8 Å². The van der Waals surface area contributed by atoms with E-state index in [-0.39, 0.29) is 11.9 Å². The maximum Gasteiger partial charge on any atom is 0.240 e. The Kier molecular flexibility index (Phi) is 3.18. The number of hydrogen-bond donors (Lipinski definition) is 1.